The van der Waals surface area contributed by atoms with Crippen LogP contribution in [0.25, 0.3) is 22.4 Å². The van der Waals surface area contributed by atoms with E-state index in [0.717, 1.165) is 11.1 Å². The molecule has 2 atom stereocenters. The molecule has 1 amide bonds. The molecule has 0 saturated carbocycles. The maximum absolute atomic E-state index is 13.1. The molecule has 0 aliphatic carbocycles. The molecule has 1 aliphatic rings. The maximum atomic E-state index is 13.1. The number of fused-ring (bicyclic) bond motifs is 1. The number of hydrogen-bond donors (Lipinski definition) is 4. The maximum Gasteiger partial charge on any atom is 0.403 e. The third-order valence-corrected chi connectivity index (χ3v) is 6.44. The van der Waals surface area contributed by atoms with Gasteiger partial charge in [-0.1, -0.05) is 6.07 Å². The Bertz CT molecular complexity index is 1420. The van der Waals surface area contributed by atoms with Crippen molar-refractivity contribution in [3.63, 3.8) is 0 Å². The summed E-state index contributed by atoms with van der Waals surface area (Å²) in [5.74, 6) is -0.105. The number of aromatic amines is 1. The monoisotopic (exact) mass is 510 g/mol. The minimum atomic E-state index is -4.31. The fraction of sp³-hybridized carbons (Fsp3) is 0.320. The van der Waals surface area contributed by atoms with E-state index in [0.29, 0.717) is 40.5 Å². The van der Waals surface area contributed by atoms with Crippen LogP contribution in [0.2, 0.25) is 0 Å². The number of pyridine rings is 1. The molecule has 1 saturated heterocycles. The molecule has 0 unspecified atom stereocenters. The Morgan fingerprint density at radius 2 is 2.03 bits per heavy atom. The summed E-state index contributed by atoms with van der Waals surface area (Å²) in [6.07, 6.45) is 0.794. The van der Waals surface area contributed by atoms with Crippen LogP contribution in [0, 0.1) is 12.8 Å². The Labute approximate surface area is 210 Å². The van der Waals surface area contributed by atoms with Gasteiger partial charge in [0.25, 0.3) is 0 Å². The number of benzene rings is 1. The van der Waals surface area contributed by atoms with Crippen molar-refractivity contribution in [3.8, 4) is 11.3 Å². The Balaban J connectivity index is 1.32. The summed E-state index contributed by atoms with van der Waals surface area (Å²) >= 11 is 0. The predicted octanol–water partition coefficient (Wildman–Crippen LogP) is 4.73. The Morgan fingerprint density at radius 1 is 1.16 bits per heavy atom. The van der Waals surface area contributed by atoms with Crippen molar-refractivity contribution < 1.29 is 18.0 Å². The quantitative estimate of drug-likeness (QED) is 0.296. The van der Waals surface area contributed by atoms with Gasteiger partial charge >= 0.3 is 6.18 Å². The van der Waals surface area contributed by atoms with Crippen LogP contribution in [0.15, 0.2) is 49.2 Å². The van der Waals surface area contributed by atoms with Gasteiger partial charge in [-0.05, 0) is 62.1 Å². The lowest BCUT2D eigenvalue weighted by Crippen LogP contribution is -2.48. The number of carbonyl (C=O) groups is 1. The fourth-order valence-electron chi connectivity index (χ4n) is 4.52. The number of nitrogens with zero attached hydrogens (tertiary/aromatic N) is 4. The van der Waals surface area contributed by atoms with Gasteiger partial charge in [0, 0.05) is 29.6 Å². The third kappa shape index (κ3) is 5.53. The van der Waals surface area contributed by atoms with Crippen LogP contribution < -0.4 is 16.0 Å². The van der Waals surface area contributed by atoms with E-state index in [1.807, 2.05) is 19.1 Å². The first-order valence-corrected chi connectivity index (χ1v) is 11.8. The zero-order valence-corrected chi connectivity index (χ0v) is 19.9. The van der Waals surface area contributed by atoms with Gasteiger partial charge in [-0.25, -0.2) is 19.9 Å². The molecule has 12 heteroatoms. The molecule has 1 aromatic carbocycles. The van der Waals surface area contributed by atoms with Crippen LogP contribution in [-0.2, 0) is 4.79 Å². The van der Waals surface area contributed by atoms with Crippen molar-refractivity contribution in [3.05, 3.63) is 54.7 Å². The number of carbonyl (C=O) groups excluding carboxylic acids is 1. The van der Waals surface area contributed by atoms with Gasteiger partial charge in [-0.3, -0.25) is 4.79 Å². The van der Waals surface area contributed by atoms with Crippen molar-refractivity contribution in [1.29, 1.82) is 0 Å². The number of nitrogens with one attached hydrogen (secondary N) is 4. The zero-order chi connectivity index (χ0) is 26.0. The van der Waals surface area contributed by atoms with Gasteiger partial charge in [0.15, 0.2) is 5.65 Å². The van der Waals surface area contributed by atoms with Crippen molar-refractivity contribution in [2.45, 2.75) is 38.4 Å². The average molecular weight is 511 g/mol. The van der Waals surface area contributed by atoms with E-state index in [1.165, 1.54) is 6.33 Å². The van der Waals surface area contributed by atoms with Crippen molar-refractivity contribution in [2.75, 3.05) is 17.2 Å². The minimum Gasteiger partial charge on any atom is -0.339 e. The van der Waals surface area contributed by atoms with E-state index in [4.69, 9.17) is 0 Å². The normalized spacial score (nSPS) is 18.1. The summed E-state index contributed by atoms with van der Waals surface area (Å²) in [4.78, 5) is 33.0. The smallest absolute Gasteiger partial charge is 0.339 e. The minimum absolute atomic E-state index is 0.0304. The predicted molar refractivity (Wildman–Crippen MR) is 133 cm³/mol. The number of halogens is 3. The largest absolute Gasteiger partial charge is 0.403 e. The Morgan fingerprint density at radius 3 is 2.86 bits per heavy atom. The molecule has 4 heterocycles. The highest BCUT2D eigenvalue weighted by Crippen LogP contribution is 2.33. The number of imidazole rings is 1. The number of aromatic nitrogens is 5. The van der Waals surface area contributed by atoms with Gasteiger partial charge in [-0.15, -0.1) is 0 Å². The van der Waals surface area contributed by atoms with Crippen LogP contribution >= 0.6 is 0 Å². The second-order valence-electron chi connectivity index (χ2n) is 9.07. The van der Waals surface area contributed by atoms with Crippen molar-refractivity contribution >= 4 is 34.3 Å². The highest BCUT2D eigenvalue weighted by molar-refractivity contribution is 5.93. The van der Waals surface area contributed by atoms with E-state index in [9.17, 15) is 18.0 Å². The second-order valence-corrected chi connectivity index (χ2v) is 9.07. The third-order valence-electron chi connectivity index (χ3n) is 6.44. The lowest BCUT2D eigenvalue weighted by atomic mass is 9.89. The van der Waals surface area contributed by atoms with Gasteiger partial charge in [-0.2, -0.15) is 13.2 Å². The lowest BCUT2D eigenvalue weighted by Gasteiger charge is -2.31. The topological polar surface area (TPSA) is 121 Å². The highest BCUT2D eigenvalue weighted by atomic mass is 19.4. The van der Waals surface area contributed by atoms with E-state index in [1.54, 1.807) is 30.7 Å². The molecule has 9 nitrogen and oxygen atoms in total. The van der Waals surface area contributed by atoms with E-state index >= 15 is 0 Å². The number of aryl methyl sites for hydroxylation is 1. The first kappa shape index (κ1) is 24.6. The standard InChI is InChI=1S/C25H25F3N8O/c1-14-4-5-16(35-20(37)10-15-6-8-29-19(9-15)25(26,27)28)11-18(14)36-23-17(3-2-7-30-23)21-22-24(33-12-31-21)34-13-32-22/h2-5,7,11-13,15,19,29H,6,8-10H2,1H3,(H,30,36)(H,35,37)(H,31,32,33,34)/t15-,19-/m1/s1. The van der Waals surface area contributed by atoms with E-state index in [-0.39, 0.29) is 31.2 Å². The number of rotatable bonds is 6. The van der Waals surface area contributed by atoms with Crippen molar-refractivity contribution in [2.24, 2.45) is 5.92 Å². The van der Waals surface area contributed by atoms with Crippen molar-refractivity contribution in [1.82, 2.24) is 30.2 Å². The molecule has 37 heavy (non-hydrogen) atoms. The summed E-state index contributed by atoms with van der Waals surface area (Å²) in [6.45, 7) is 2.16. The molecule has 3 aromatic heterocycles. The molecule has 5 rings (SSSR count). The van der Waals surface area contributed by atoms with E-state index < -0.39 is 12.2 Å². The first-order chi connectivity index (χ1) is 17.8. The van der Waals surface area contributed by atoms with Crippen LogP contribution in [0.1, 0.15) is 24.8 Å². The molecular weight excluding hydrogens is 485 g/mol. The zero-order valence-electron chi connectivity index (χ0n) is 19.9. The number of hydrogen-bond acceptors (Lipinski definition) is 7. The van der Waals surface area contributed by atoms with Gasteiger partial charge in [0.2, 0.25) is 5.91 Å². The molecule has 4 aromatic rings. The Hall–Kier alpha value is -4.06. The molecule has 192 valence electrons. The number of piperidine rings is 1. The molecule has 1 aliphatic heterocycles. The number of H-pyrrole nitrogens is 1. The molecular formula is C25H25F3N8O. The fourth-order valence-corrected chi connectivity index (χ4v) is 4.52. The van der Waals surface area contributed by atoms with Gasteiger partial charge in [0.05, 0.1) is 6.33 Å². The van der Waals surface area contributed by atoms with Crippen LogP contribution in [0.5, 0.6) is 0 Å². The number of anilines is 3. The second kappa shape index (κ2) is 10.1. The lowest BCUT2D eigenvalue weighted by molar-refractivity contribution is -0.164. The summed E-state index contributed by atoms with van der Waals surface area (Å²) in [6, 6.07) is 7.49. The van der Waals surface area contributed by atoms with E-state index in [2.05, 4.69) is 40.9 Å². The number of amides is 1. The molecule has 4 N–H and O–H groups in total. The first-order valence-electron chi connectivity index (χ1n) is 11.8. The summed E-state index contributed by atoms with van der Waals surface area (Å²) in [5, 5.41) is 8.64. The molecule has 0 bridgehead atoms. The SMILES string of the molecule is Cc1ccc(NC(=O)C[C@@H]2CCN[C@@H](C(F)(F)F)C2)cc1Nc1ncccc1-c1ncnc2[nH]cnc12. The molecule has 1 fully saturated rings. The highest BCUT2D eigenvalue weighted by Gasteiger charge is 2.42. The van der Waals surface area contributed by atoms with Gasteiger partial charge < -0.3 is 20.9 Å². The summed E-state index contributed by atoms with van der Waals surface area (Å²) in [7, 11) is 0. The van der Waals surface area contributed by atoms with Crippen LogP contribution in [0.3, 0.4) is 0 Å². The molecule has 0 spiro atoms. The number of alkyl halides is 3. The van der Waals surface area contributed by atoms with Crippen LogP contribution in [-0.4, -0.2) is 49.6 Å². The van der Waals surface area contributed by atoms with Crippen LogP contribution in [0.4, 0.5) is 30.4 Å². The average Bonchev–Trinajstić information content (AvgIpc) is 3.35. The van der Waals surface area contributed by atoms with Gasteiger partial charge in [0.1, 0.15) is 29.4 Å². The summed E-state index contributed by atoms with van der Waals surface area (Å²) in [5.41, 5.74) is 4.72. The summed E-state index contributed by atoms with van der Waals surface area (Å²) < 4.78 is 39.2. The molecule has 0 radical (unpaired) electrons. The Kier molecular flexibility index (Phi) is 6.74.